The number of nitrogens with one attached hydrogen (secondary N) is 2. The summed E-state index contributed by atoms with van der Waals surface area (Å²) in [6, 6.07) is 5.76. The second-order valence-electron chi connectivity index (χ2n) is 5.90. The van der Waals surface area contributed by atoms with E-state index in [2.05, 4.69) is 27.9 Å². The number of aliphatic hydroxyl groups is 1. The van der Waals surface area contributed by atoms with Crippen LogP contribution < -0.4 is 10.6 Å². The zero-order valence-corrected chi connectivity index (χ0v) is 14.0. The number of aryl methyl sites for hydroxylation is 3. The molecule has 0 radical (unpaired) electrons. The highest BCUT2D eigenvalue weighted by molar-refractivity contribution is 5.74. The van der Waals surface area contributed by atoms with Gasteiger partial charge in [-0.3, -0.25) is 4.68 Å². The molecule has 23 heavy (non-hydrogen) atoms. The molecule has 1 aromatic carbocycles. The molecule has 2 rings (SSSR count). The summed E-state index contributed by atoms with van der Waals surface area (Å²) in [6.07, 6.45) is 2.54. The van der Waals surface area contributed by atoms with E-state index in [9.17, 15) is 9.90 Å². The van der Waals surface area contributed by atoms with Gasteiger partial charge in [0.15, 0.2) is 0 Å². The smallest absolute Gasteiger partial charge is 0.315 e. The minimum atomic E-state index is -0.773. The van der Waals surface area contributed by atoms with Gasteiger partial charge in [-0.05, 0) is 31.9 Å². The molecule has 0 spiro atoms. The maximum Gasteiger partial charge on any atom is 0.315 e. The Bertz CT molecular complexity index is 681. The van der Waals surface area contributed by atoms with Crippen molar-refractivity contribution < 1.29 is 9.90 Å². The molecule has 6 heteroatoms. The highest BCUT2D eigenvalue weighted by atomic mass is 16.3. The van der Waals surface area contributed by atoms with Gasteiger partial charge in [0.1, 0.15) is 0 Å². The van der Waals surface area contributed by atoms with Gasteiger partial charge in [0.2, 0.25) is 0 Å². The third-order valence-electron chi connectivity index (χ3n) is 3.81. The summed E-state index contributed by atoms with van der Waals surface area (Å²) in [4.78, 5) is 12.0. The van der Waals surface area contributed by atoms with Crippen molar-refractivity contribution in [3.8, 4) is 0 Å². The standard InChI is InChI=1S/C17H24N4O2/c1-11-5-6-12(2)15(7-11)13(3)20-17(23)18-9-16(22)14-8-19-21(4)10-14/h5-8,10,13,16,22H,9H2,1-4H3,(H2,18,20,23)/t13-,16+/m0/s1. The molecule has 2 atom stereocenters. The van der Waals surface area contributed by atoms with Gasteiger partial charge >= 0.3 is 6.03 Å². The summed E-state index contributed by atoms with van der Waals surface area (Å²) >= 11 is 0. The van der Waals surface area contributed by atoms with Gasteiger partial charge in [-0.1, -0.05) is 23.8 Å². The first kappa shape index (κ1) is 17.0. The Hall–Kier alpha value is -2.34. The van der Waals surface area contributed by atoms with Crippen LogP contribution >= 0.6 is 0 Å². The van der Waals surface area contributed by atoms with Gasteiger partial charge in [0, 0.05) is 25.4 Å². The summed E-state index contributed by atoms with van der Waals surface area (Å²) in [5.41, 5.74) is 4.06. The van der Waals surface area contributed by atoms with Crippen molar-refractivity contribution in [3.63, 3.8) is 0 Å². The van der Waals surface area contributed by atoms with Crippen molar-refractivity contribution in [2.24, 2.45) is 7.05 Å². The molecule has 0 aliphatic rings. The predicted molar refractivity (Wildman–Crippen MR) is 89.0 cm³/mol. The highest BCUT2D eigenvalue weighted by Crippen LogP contribution is 2.18. The number of aromatic nitrogens is 2. The molecule has 1 heterocycles. The lowest BCUT2D eigenvalue weighted by Gasteiger charge is -2.18. The third-order valence-corrected chi connectivity index (χ3v) is 3.81. The van der Waals surface area contributed by atoms with Crippen molar-refractivity contribution in [1.29, 1.82) is 0 Å². The number of hydrogen-bond donors (Lipinski definition) is 3. The van der Waals surface area contributed by atoms with E-state index in [1.54, 1.807) is 24.1 Å². The van der Waals surface area contributed by atoms with E-state index in [0.29, 0.717) is 5.56 Å². The van der Waals surface area contributed by atoms with Crippen molar-refractivity contribution >= 4 is 6.03 Å². The number of nitrogens with zero attached hydrogens (tertiary/aromatic N) is 2. The Morgan fingerprint density at radius 3 is 2.78 bits per heavy atom. The number of benzene rings is 1. The number of carbonyl (C=O) groups excluding carboxylic acids is 1. The molecule has 0 aliphatic carbocycles. The number of hydrogen-bond acceptors (Lipinski definition) is 3. The Morgan fingerprint density at radius 1 is 1.39 bits per heavy atom. The Kier molecular flexibility index (Phi) is 5.39. The Morgan fingerprint density at radius 2 is 2.13 bits per heavy atom. The highest BCUT2D eigenvalue weighted by Gasteiger charge is 2.14. The summed E-state index contributed by atoms with van der Waals surface area (Å²) in [5.74, 6) is 0. The van der Waals surface area contributed by atoms with E-state index < -0.39 is 6.10 Å². The molecule has 0 bridgehead atoms. The number of urea groups is 1. The zero-order valence-electron chi connectivity index (χ0n) is 14.0. The normalized spacial score (nSPS) is 13.4. The molecule has 0 fully saturated rings. The molecule has 0 unspecified atom stereocenters. The van der Waals surface area contributed by atoms with Crippen LogP contribution in [0, 0.1) is 13.8 Å². The van der Waals surface area contributed by atoms with Crippen molar-refractivity contribution in [2.45, 2.75) is 32.9 Å². The van der Waals surface area contributed by atoms with Gasteiger partial charge in [-0.25, -0.2) is 4.79 Å². The first-order chi connectivity index (χ1) is 10.9. The first-order valence-corrected chi connectivity index (χ1v) is 7.65. The molecule has 6 nitrogen and oxygen atoms in total. The lowest BCUT2D eigenvalue weighted by molar-refractivity contribution is 0.172. The van der Waals surface area contributed by atoms with Crippen LogP contribution in [-0.4, -0.2) is 27.5 Å². The molecule has 2 aromatic rings. The SMILES string of the molecule is Cc1ccc(C)c([C@H](C)NC(=O)NC[C@@H](O)c2cnn(C)c2)c1. The minimum absolute atomic E-state index is 0.106. The molecule has 0 saturated carbocycles. The average Bonchev–Trinajstić information content (AvgIpc) is 2.93. The van der Waals surface area contributed by atoms with Crippen molar-refractivity contribution in [1.82, 2.24) is 20.4 Å². The van der Waals surface area contributed by atoms with Crippen LogP contribution in [0.25, 0.3) is 0 Å². The van der Waals surface area contributed by atoms with Gasteiger partial charge in [-0.15, -0.1) is 0 Å². The van der Waals surface area contributed by atoms with Gasteiger partial charge in [-0.2, -0.15) is 5.10 Å². The molecule has 124 valence electrons. The summed E-state index contributed by atoms with van der Waals surface area (Å²) < 4.78 is 1.61. The minimum Gasteiger partial charge on any atom is -0.386 e. The quantitative estimate of drug-likeness (QED) is 0.790. The van der Waals surface area contributed by atoms with Crippen LogP contribution in [0.4, 0.5) is 4.79 Å². The summed E-state index contributed by atoms with van der Waals surface area (Å²) in [7, 11) is 1.78. The maximum absolute atomic E-state index is 12.0. The van der Waals surface area contributed by atoms with Crippen LogP contribution in [0.1, 0.15) is 41.3 Å². The number of carbonyl (C=O) groups is 1. The number of aliphatic hydroxyl groups excluding tert-OH is 1. The molecular formula is C17H24N4O2. The lowest BCUT2D eigenvalue weighted by Crippen LogP contribution is -2.39. The molecule has 3 N–H and O–H groups in total. The van der Waals surface area contributed by atoms with E-state index >= 15 is 0 Å². The fraction of sp³-hybridized carbons (Fsp3) is 0.412. The second-order valence-corrected chi connectivity index (χ2v) is 5.90. The monoisotopic (exact) mass is 316 g/mol. The molecule has 2 amide bonds. The number of amides is 2. The molecule has 0 saturated heterocycles. The van der Waals surface area contributed by atoms with E-state index in [1.807, 2.05) is 26.8 Å². The van der Waals surface area contributed by atoms with E-state index in [0.717, 1.165) is 16.7 Å². The van der Waals surface area contributed by atoms with E-state index in [-0.39, 0.29) is 18.6 Å². The molecular weight excluding hydrogens is 292 g/mol. The Balaban J connectivity index is 1.88. The van der Waals surface area contributed by atoms with E-state index in [1.165, 1.54) is 0 Å². The topological polar surface area (TPSA) is 79.2 Å². The largest absolute Gasteiger partial charge is 0.386 e. The van der Waals surface area contributed by atoms with Crippen LogP contribution in [0.15, 0.2) is 30.6 Å². The molecule has 1 aromatic heterocycles. The Labute approximate surface area is 136 Å². The predicted octanol–water partition coefficient (Wildman–Crippen LogP) is 2.13. The fourth-order valence-electron chi connectivity index (χ4n) is 2.47. The van der Waals surface area contributed by atoms with Gasteiger partial charge < -0.3 is 15.7 Å². The maximum atomic E-state index is 12.0. The lowest BCUT2D eigenvalue weighted by atomic mass is 10.0. The van der Waals surface area contributed by atoms with Gasteiger partial charge in [0.05, 0.1) is 18.3 Å². The summed E-state index contributed by atoms with van der Waals surface area (Å²) in [6.45, 7) is 6.13. The zero-order chi connectivity index (χ0) is 17.0. The fourth-order valence-corrected chi connectivity index (χ4v) is 2.47. The van der Waals surface area contributed by atoms with Crippen LogP contribution in [0.2, 0.25) is 0 Å². The van der Waals surface area contributed by atoms with Gasteiger partial charge in [0.25, 0.3) is 0 Å². The van der Waals surface area contributed by atoms with Crippen molar-refractivity contribution in [2.75, 3.05) is 6.54 Å². The average molecular weight is 316 g/mol. The second kappa shape index (κ2) is 7.28. The number of rotatable bonds is 5. The van der Waals surface area contributed by atoms with Crippen LogP contribution in [0.3, 0.4) is 0 Å². The third kappa shape index (κ3) is 4.56. The molecule has 0 aliphatic heterocycles. The van der Waals surface area contributed by atoms with Crippen molar-refractivity contribution in [3.05, 3.63) is 52.8 Å². The van der Waals surface area contributed by atoms with Crippen LogP contribution in [-0.2, 0) is 7.05 Å². The van der Waals surface area contributed by atoms with Crippen LogP contribution in [0.5, 0.6) is 0 Å². The first-order valence-electron chi connectivity index (χ1n) is 7.65. The van der Waals surface area contributed by atoms with E-state index in [4.69, 9.17) is 0 Å². The summed E-state index contributed by atoms with van der Waals surface area (Å²) in [5, 5.41) is 19.6.